The maximum atomic E-state index is 6.51. The Morgan fingerprint density at radius 2 is 2.00 bits per heavy atom. The van der Waals surface area contributed by atoms with Gasteiger partial charge < -0.3 is 9.64 Å². The Labute approximate surface area is 200 Å². The Balaban J connectivity index is 1.15. The van der Waals surface area contributed by atoms with Gasteiger partial charge in [-0.1, -0.05) is 18.0 Å². The predicted octanol–water partition coefficient (Wildman–Crippen LogP) is 4.17. The highest BCUT2D eigenvalue weighted by molar-refractivity contribution is 7.96. The fourth-order valence-electron chi connectivity index (χ4n) is 5.33. The fraction of sp³-hybridized carbons (Fsp3) is 0.560. The molecule has 1 N–H and O–H groups in total. The average molecular weight is 467 g/mol. The van der Waals surface area contributed by atoms with E-state index in [1.165, 1.54) is 11.1 Å². The Bertz CT molecular complexity index is 1040. The summed E-state index contributed by atoms with van der Waals surface area (Å²) >= 11 is 1.72. The number of pyridine rings is 2. The van der Waals surface area contributed by atoms with Crippen LogP contribution >= 0.6 is 11.9 Å². The fourth-order valence-corrected chi connectivity index (χ4v) is 5.94. The lowest BCUT2D eigenvalue weighted by atomic mass is 9.84. The molecule has 0 bridgehead atoms. The van der Waals surface area contributed by atoms with E-state index in [1.807, 2.05) is 36.4 Å². The van der Waals surface area contributed by atoms with Crippen LogP contribution in [0.4, 0.5) is 5.82 Å². The van der Waals surface area contributed by atoms with Crippen LogP contribution in [0.15, 0.2) is 42.9 Å². The first-order valence-electron chi connectivity index (χ1n) is 12.0. The zero-order chi connectivity index (χ0) is 22.6. The van der Waals surface area contributed by atoms with Crippen LogP contribution in [-0.2, 0) is 11.8 Å². The molecule has 7 nitrogen and oxygen atoms in total. The van der Waals surface area contributed by atoms with Crippen LogP contribution in [0.3, 0.4) is 0 Å². The molecule has 8 heteroatoms. The second-order valence-electron chi connectivity index (χ2n) is 9.35. The number of hydrogen-bond donors (Lipinski definition) is 1. The highest BCUT2D eigenvalue weighted by Gasteiger charge is 2.31. The number of ether oxygens (including phenoxy) is 1. The normalized spacial score (nSPS) is 26.1. The van der Waals surface area contributed by atoms with E-state index in [4.69, 9.17) is 9.72 Å². The SMILES string of the molecule is CSNC1CCN(c2ccccn2)CC1COC1CCC(c2cc3cnn(C)c3cn2)CC1. The number of aryl methyl sites for hydroxylation is 1. The van der Waals surface area contributed by atoms with Gasteiger partial charge in [-0.05, 0) is 56.6 Å². The quantitative estimate of drug-likeness (QED) is 0.524. The number of rotatable bonds is 7. The molecule has 0 aromatic carbocycles. The zero-order valence-corrected chi connectivity index (χ0v) is 20.4. The number of hydrogen-bond acceptors (Lipinski definition) is 7. The molecule has 2 atom stereocenters. The molecule has 2 unspecified atom stereocenters. The number of fused-ring (bicyclic) bond motifs is 1. The molecule has 176 valence electrons. The second-order valence-corrected chi connectivity index (χ2v) is 10.00. The van der Waals surface area contributed by atoms with Crippen LogP contribution in [0.25, 0.3) is 10.9 Å². The Kier molecular flexibility index (Phi) is 7.13. The summed E-state index contributed by atoms with van der Waals surface area (Å²) in [5.41, 5.74) is 2.30. The van der Waals surface area contributed by atoms with Crippen molar-refractivity contribution < 1.29 is 4.74 Å². The minimum atomic E-state index is 0.350. The van der Waals surface area contributed by atoms with E-state index in [9.17, 15) is 0 Å². The van der Waals surface area contributed by atoms with Gasteiger partial charge in [0.25, 0.3) is 0 Å². The maximum Gasteiger partial charge on any atom is 0.128 e. The number of nitrogens with one attached hydrogen (secondary N) is 1. The number of nitrogens with zero attached hydrogens (tertiary/aromatic N) is 5. The van der Waals surface area contributed by atoms with Gasteiger partial charge in [-0.25, -0.2) is 4.98 Å². The number of anilines is 1. The van der Waals surface area contributed by atoms with Crippen LogP contribution in [0.1, 0.15) is 43.7 Å². The van der Waals surface area contributed by atoms with E-state index in [-0.39, 0.29) is 0 Å². The van der Waals surface area contributed by atoms with E-state index in [1.54, 1.807) is 11.9 Å². The molecule has 1 aliphatic carbocycles. The molecule has 5 rings (SSSR count). The van der Waals surface area contributed by atoms with Crippen molar-refractivity contribution in [3.05, 3.63) is 48.5 Å². The lowest BCUT2D eigenvalue weighted by Crippen LogP contribution is -2.50. The van der Waals surface area contributed by atoms with Gasteiger partial charge in [-0.3, -0.25) is 14.4 Å². The van der Waals surface area contributed by atoms with Crippen LogP contribution < -0.4 is 9.62 Å². The molecular weight excluding hydrogens is 432 g/mol. The standard InChI is InChI=1S/C25H34N6OS/c1-30-24-15-27-23(13-19(24)14-28-30)18-6-8-21(9-7-18)32-17-20-16-31(12-10-22(20)29-33-2)25-5-3-4-11-26-25/h3-5,11,13-15,18,20-22,29H,6-10,12,16-17H2,1-2H3. The van der Waals surface area contributed by atoms with Crippen molar-refractivity contribution in [2.75, 3.05) is 30.9 Å². The van der Waals surface area contributed by atoms with Crippen molar-refractivity contribution in [1.82, 2.24) is 24.5 Å². The molecular formula is C25H34N6OS. The van der Waals surface area contributed by atoms with Crippen molar-refractivity contribution in [2.45, 2.75) is 50.2 Å². The summed E-state index contributed by atoms with van der Waals surface area (Å²) in [6.45, 7) is 2.82. The topological polar surface area (TPSA) is 68.1 Å². The molecule has 3 aromatic heterocycles. The van der Waals surface area contributed by atoms with E-state index in [0.717, 1.165) is 63.1 Å². The number of aromatic nitrogens is 4. The summed E-state index contributed by atoms with van der Waals surface area (Å²) in [7, 11) is 1.97. The van der Waals surface area contributed by atoms with Crippen molar-refractivity contribution >= 4 is 28.7 Å². The largest absolute Gasteiger partial charge is 0.378 e. The third kappa shape index (κ3) is 5.18. The lowest BCUT2D eigenvalue weighted by Gasteiger charge is -2.40. The molecule has 1 saturated heterocycles. The minimum absolute atomic E-state index is 0.350. The summed E-state index contributed by atoms with van der Waals surface area (Å²) in [5.74, 6) is 2.05. The van der Waals surface area contributed by atoms with Crippen molar-refractivity contribution in [3.8, 4) is 0 Å². The van der Waals surface area contributed by atoms with Gasteiger partial charge in [-0.2, -0.15) is 5.10 Å². The lowest BCUT2D eigenvalue weighted by molar-refractivity contribution is -0.00214. The van der Waals surface area contributed by atoms with Gasteiger partial charge in [0.1, 0.15) is 5.82 Å². The Morgan fingerprint density at radius 3 is 2.79 bits per heavy atom. The summed E-state index contributed by atoms with van der Waals surface area (Å²) in [4.78, 5) is 11.7. The summed E-state index contributed by atoms with van der Waals surface area (Å²) < 4.78 is 12.0. The zero-order valence-electron chi connectivity index (χ0n) is 19.6. The van der Waals surface area contributed by atoms with E-state index in [0.29, 0.717) is 24.0 Å². The molecule has 2 aliphatic rings. The molecule has 2 fully saturated rings. The number of piperidine rings is 1. The highest BCUT2D eigenvalue weighted by Crippen LogP contribution is 2.34. The summed E-state index contributed by atoms with van der Waals surface area (Å²) in [6.07, 6.45) is 13.9. The van der Waals surface area contributed by atoms with Crippen LogP contribution in [0.2, 0.25) is 0 Å². The predicted molar refractivity (Wildman–Crippen MR) is 134 cm³/mol. The minimum Gasteiger partial charge on any atom is -0.378 e. The average Bonchev–Trinajstić information content (AvgIpc) is 3.24. The molecule has 3 aromatic rings. The molecule has 0 spiro atoms. The van der Waals surface area contributed by atoms with Gasteiger partial charge in [-0.15, -0.1) is 0 Å². The third-order valence-electron chi connectivity index (χ3n) is 7.27. The van der Waals surface area contributed by atoms with Gasteiger partial charge in [0.05, 0.1) is 30.6 Å². The smallest absolute Gasteiger partial charge is 0.128 e. The highest BCUT2D eigenvalue weighted by atomic mass is 32.2. The molecule has 4 heterocycles. The summed E-state index contributed by atoms with van der Waals surface area (Å²) in [6, 6.07) is 8.86. The molecule has 33 heavy (non-hydrogen) atoms. The first-order valence-corrected chi connectivity index (χ1v) is 13.3. The van der Waals surface area contributed by atoms with Gasteiger partial charge >= 0.3 is 0 Å². The van der Waals surface area contributed by atoms with Gasteiger partial charge in [0.15, 0.2) is 0 Å². The molecule has 0 radical (unpaired) electrons. The van der Waals surface area contributed by atoms with E-state index in [2.05, 4.69) is 44.2 Å². The van der Waals surface area contributed by atoms with Gasteiger partial charge in [0.2, 0.25) is 0 Å². The van der Waals surface area contributed by atoms with Crippen molar-refractivity contribution in [2.24, 2.45) is 13.0 Å². The second kappa shape index (κ2) is 10.4. The van der Waals surface area contributed by atoms with Crippen molar-refractivity contribution in [3.63, 3.8) is 0 Å². The first kappa shape index (κ1) is 22.6. The monoisotopic (exact) mass is 466 g/mol. The Morgan fingerprint density at radius 1 is 1.12 bits per heavy atom. The Hall–Kier alpha value is -2.16. The van der Waals surface area contributed by atoms with E-state index < -0.39 is 0 Å². The third-order valence-corrected chi connectivity index (χ3v) is 7.81. The first-order chi connectivity index (χ1) is 16.2. The van der Waals surface area contributed by atoms with Crippen LogP contribution in [0.5, 0.6) is 0 Å². The van der Waals surface area contributed by atoms with Gasteiger partial charge in [0, 0.05) is 55.3 Å². The molecule has 0 amide bonds. The van der Waals surface area contributed by atoms with Crippen LogP contribution in [0, 0.1) is 5.92 Å². The maximum absolute atomic E-state index is 6.51. The molecule has 1 aliphatic heterocycles. The summed E-state index contributed by atoms with van der Waals surface area (Å²) in [5, 5.41) is 5.53. The van der Waals surface area contributed by atoms with Crippen LogP contribution in [-0.4, -0.2) is 57.8 Å². The van der Waals surface area contributed by atoms with Crippen molar-refractivity contribution in [1.29, 1.82) is 0 Å². The molecule has 1 saturated carbocycles. The van der Waals surface area contributed by atoms with E-state index >= 15 is 0 Å².